The molecule has 5 heterocycles. The average Bonchev–Trinajstić information content (AvgIpc) is 3.39. The van der Waals surface area contributed by atoms with Gasteiger partial charge in [-0.25, -0.2) is 9.78 Å². The summed E-state index contributed by atoms with van der Waals surface area (Å²) < 4.78 is 7.18. The number of likely N-dealkylation sites (tertiary alicyclic amines) is 1. The standard InChI is InChI=1S/C18H21N5O3/c24-17(11-4-7-26-10-11)22-6-1-2-12(9-22)23-15-13-3-5-19-16(13)20-8-14(15)21-18(23)25/h3,5,8,11-12H,1-2,4,6-7,9-10H2,(H,19,20)(H,21,25)/t11?,12-/m1/s1. The molecule has 2 fully saturated rings. The lowest BCUT2D eigenvalue weighted by Gasteiger charge is -2.34. The second-order valence-corrected chi connectivity index (χ2v) is 7.20. The molecule has 2 atom stereocenters. The van der Waals surface area contributed by atoms with E-state index >= 15 is 0 Å². The van der Waals surface area contributed by atoms with Crippen molar-refractivity contribution in [2.75, 3.05) is 26.3 Å². The Morgan fingerprint density at radius 3 is 3.12 bits per heavy atom. The Hall–Kier alpha value is -2.61. The molecule has 0 aliphatic carbocycles. The van der Waals surface area contributed by atoms with Gasteiger partial charge in [0.1, 0.15) is 5.65 Å². The first kappa shape index (κ1) is 15.6. The molecule has 1 amide bonds. The van der Waals surface area contributed by atoms with Gasteiger partial charge in [-0.05, 0) is 25.3 Å². The number of hydrogen-bond acceptors (Lipinski definition) is 4. The maximum atomic E-state index is 12.8. The molecule has 2 N–H and O–H groups in total. The van der Waals surface area contributed by atoms with E-state index in [1.165, 1.54) is 0 Å². The van der Waals surface area contributed by atoms with Crippen LogP contribution in [0.2, 0.25) is 0 Å². The zero-order valence-electron chi connectivity index (χ0n) is 14.4. The molecule has 0 bridgehead atoms. The number of imidazole rings is 1. The van der Waals surface area contributed by atoms with E-state index in [0.29, 0.717) is 19.8 Å². The molecule has 1 unspecified atom stereocenters. The van der Waals surface area contributed by atoms with Gasteiger partial charge in [-0.15, -0.1) is 0 Å². The summed E-state index contributed by atoms with van der Waals surface area (Å²) in [5.74, 6) is 0.127. The number of nitrogens with one attached hydrogen (secondary N) is 2. The van der Waals surface area contributed by atoms with E-state index in [0.717, 1.165) is 47.9 Å². The van der Waals surface area contributed by atoms with Crippen LogP contribution in [0.3, 0.4) is 0 Å². The molecule has 3 aromatic heterocycles. The summed E-state index contributed by atoms with van der Waals surface area (Å²) in [6.45, 7) is 2.50. The van der Waals surface area contributed by atoms with Gasteiger partial charge in [-0.1, -0.05) is 0 Å². The van der Waals surface area contributed by atoms with Crippen LogP contribution in [0.1, 0.15) is 25.3 Å². The van der Waals surface area contributed by atoms with Crippen molar-refractivity contribution in [2.24, 2.45) is 5.92 Å². The molecule has 8 nitrogen and oxygen atoms in total. The summed E-state index contributed by atoms with van der Waals surface area (Å²) in [4.78, 5) is 37.7. The lowest BCUT2D eigenvalue weighted by molar-refractivity contribution is -0.137. The van der Waals surface area contributed by atoms with Crippen molar-refractivity contribution in [3.63, 3.8) is 0 Å². The summed E-state index contributed by atoms with van der Waals surface area (Å²) in [7, 11) is 0. The molecule has 2 saturated heterocycles. The van der Waals surface area contributed by atoms with Crippen LogP contribution in [-0.4, -0.2) is 56.6 Å². The Bertz CT molecular complexity index is 1030. The Morgan fingerprint density at radius 2 is 2.27 bits per heavy atom. The number of piperidine rings is 1. The molecule has 3 aromatic rings. The maximum absolute atomic E-state index is 12.8. The Kier molecular flexibility index (Phi) is 3.59. The minimum atomic E-state index is -0.140. The summed E-state index contributed by atoms with van der Waals surface area (Å²) in [5, 5.41) is 0.925. The molecule has 8 heteroatoms. The number of nitrogens with zero attached hydrogens (tertiary/aromatic N) is 3. The predicted octanol–water partition coefficient (Wildman–Crippen LogP) is 1.41. The highest BCUT2D eigenvalue weighted by molar-refractivity contribution is 6.00. The van der Waals surface area contributed by atoms with Crippen LogP contribution in [0.5, 0.6) is 0 Å². The van der Waals surface area contributed by atoms with Crippen LogP contribution < -0.4 is 5.69 Å². The molecule has 5 rings (SSSR count). The first-order valence-electron chi connectivity index (χ1n) is 9.15. The van der Waals surface area contributed by atoms with Gasteiger partial charge in [-0.3, -0.25) is 9.36 Å². The first-order chi connectivity index (χ1) is 12.7. The van der Waals surface area contributed by atoms with Crippen LogP contribution in [0.25, 0.3) is 22.1 Å². The van der Waals surface area contributed by atoms with E-state index in [1.807, 2.05) is 21.7 Å². The van der Waals surface area contributed by atoms with Gasteiger partial charge in [0.2, 0.25) is 5.91 Å². The van der Waals surface area contributed by atoms with Gasteiger partial charge in [0.05, 0.1) is 35.8 Å². The molecular formula is C18H21N5O3. The minimum Gasteiger partial charge on any atom is -0.381 e. The molecule has 0 aromatic carbocycles. The van der Waals surface area contributed by atoms with Crippen molar-refractivity contribution < 1.29 is 9.53 Å². The van der Waals surface area contributed by atoms with Gasteiger partial charge in [0.25, 0.3) is 0 Å². The fourth-order valence-electron chi connectivity index (χ4n) is 4.32. The van der Waals surface area contributed by atoms with Crippen molar-refractivity contribution in [1.29, 1.82) is 0 Å². The predicted molar refractivity (Wildman–Crippen MR) is 96.0 cm³/mol. The van der Waals surface area contributed by atoms with Crippen molar-refractivity contribution in [3.05, 3.63) is 28.9 Å². The number of carbonyl (C=O) groups is 1. The number of amides is 1. The lowest BCUT2D eigenvalue weighted by Crippen LogP contribution is -2.45. The van der Waals surface area contributed by atoms with Crippen LogP contribution in [0, 0.1) is 5.92 Å². The number of pyridine rings is 1. The number of aromatic amines is 2. The molecule has 136 valence electrons. The van der Waals surface area contributed by atoms with E-state index < -0.39 is 0 Å². The van der Waals surface area contributed by atoms with Crippen molar-refractivity contribution in [2.45, 2.75) is 25.3 Å². The molecule has 26 heavy (non-hydrogen) atoms. The number of hydrogen-bond donors (Lipinski definition) is 2. The summed E-state index contributed by atoms with van der Waals surface area (Å²) in [5.41, 5.74) is 2.22. The van der Waals surface area contributed by atoms with Crippen LogP contribution in [0.15, 0.2) is 23.3 Å². The number of fused-ring (bicyclic) bond motifs is 3. The Balaban J connectivity index is 1.53. The fraction of sp³-hybridized carbons (Fsp3) is 0.500. The maximum Gasteiger partial charge on any atom is 0.326 e. The SMILES string of the molecule is O=C(C1CCOC1)N1CCC[C@@H](n2c(=O)[nH]c3cnc4[nH]ccc4c32)C1. The van der Waals surface area contributed by atoms with Crippen molar-refractivity contribution in [1.82, 2.24) is 24.4 Å². The van der Waals surface area contributed by atoms with Crippen LogP contribution in [0.4, 0.5) is 0 Å². The van der Waals surface area contributed by atoms with E-state index in [9.17, 15) is 9.59 Å². The lowest BCUT2D eigenvalue weighted by atomic mass is 10.0. The third-order valence-corrected chi connectivity index (χ3v) is 5.61. The van der Waals surface area contributed by atoms with Crippen molar-refractivity contribution >= 4 is 28.0 Å². The number of rotatable bonds is 2. The first-order valence-corrected chi connectivity index (χ1v) is 9.15. The van der Waals surface area contributed by atoms with E-state index in [1.54, 1.807) is 6.20 Å². The number of H-pyrrole nitrogens is 2. The second kappa shape index (κ2) is 5.98. The molecule has 0 radical (unpaired) electrons. The highest BCUT2D eigenvalue weighted by atomic mass is 16.5. The minimum absolute atomic E-state index is 0.0308. The smallest absolute Gasteiger partial charge is 0.326 e. The average molecular weight is 355 g/mol. The number of aromatic nitrogens is 4. The van der Waals surface area contributed by atoms with E-state index in [2.05, 4.69) is 15.0 Å². The molecule has 2 aliphatic heterocycles. The third-order valence-electron chi connectivity index (χ3n) is 5.61. The summed E-state index contributed by atoms with van der Waals surface area (Å²) >= 11 is 0. The Labute approximate surface area is 149 Å². The number of carbonyl (C=O) groups excluding carboxylic acids is 1. The molecule has 0 saturated carbocycles. The number of ether oxygens (including phenoxy) is 1. The monoisotopic (exact) mass is 355 g/mol. The van der Waals surface area contributed by atoms with Crippen LogP contribution >= 0.6 is 0 Å². The zero-order valence-corrected chi connectivity index (χ0v) is 14.4. The van der Waals surface area contributed by atoms with Gasteiger partial charge in [0, 0.05) is 31.3 Å². The molecule has 0 spiro atoms. The van der Waals surface area contributed by atoms with Gasteiger partial charge in [0.15, 0.2) is 0 Å². The topological polar surface area (TPSA) is 96.0 Å². The van der Waals surface area contributed by atoms with E-state index in [4.69, 9.17) is 4.74 Å². The molecule has 2 aliphatic rings. The van der Waals surface area contributed by atoms with Gasteiger partial charge in [-0.2, -0.15) is 0 Å². The van der Waals surface area contributed by atoms with Gasteiger partial charge < -0.3 is 19.6 Å². The normalized spacial score (nSPS) is 23.9. The van der Waals surface area contributed by atoms with Crippen LogP contribution in [-0.2, 0) is 9.53 Å². The zero-order chi connectivity index (χ0) is 17.7. The fourth-order valence-corrected chi connectivity index (χ4v) is 4.32. The summed E-state index contributed by atoms with van der Waals surface area (Å²) in [6, 6.07) is 1.91. The second-order valence-electron chi connectivity index (χ2n) is 7.20. The molecular weight excluding hydrogens is 334 g/mol. The Morgan fingerprint density at radius 1 is 1.35 bits per heavy atom. The highest BCUT2D eigenvalue weighted by Gasteiger charge is 2.32. The van der Waals surface area contributed by atoms with E-state index in [-0.39, 0.29) is 23.6 Å². The highest BCUT2D eigenvalue weighted by Crippen LogP contribution is 2.29. The third kappa shape index (κ3) is 2.36. The quantitative estimate of drug-likeness (QED) is 0.726. The summed E-state index contributed by atoms with van der Waals surface area (Å²) in [6.07, 6.45) is 6.09. The largest absolute Gasteiger partial charge is 0.381 e. The van der Waals surface area contributed by atoms with Crippen molar-refractivity contribution in [3.8, 4) is 0 Å². The van der Waals surface area contributed by atoms with Gasteiger partial charge >= 0.3 is 5.69 Å².